The van der Waals surface area contributed by atoms with E-state index in [4.69, 9.17) is 14.3 Å². The molecule has 0 saturated carbocycles. The molecule has 10 heteroatoms. The number of oxime groups is 1. The number of hydrogen-bond acceptors (Lipinski definition) is 8. The molecule has 220 valence electrons. The number of hydrogen-bond donors (Lipinski definition) is 1. The third-order valence-corrected chi connectivity index (χ3v) is 6.00. The Hall–Kier alpha value is -4.73. The first-order valence-corrected chi connectivity index (χ1v) is 13.6. The van der Waals surface area contributed by atoms with E-state index in [0.717, 1.165) is 10.5 Å². The first-order valence-electron chi connectivity index (χ1n) is 13.6. The van der Waals surface area contributed by atoms with E-state index in [1.54, 1.807) is 84.3 Å². The van der Waals surface area contributed by atoms with E-state index < -0.39 is 35.5 Å². The molecule has 3 amide bonds. The molecule has 10 nitrogen and oxygen atoms in total. The van der Waals surface area contributed by atoms with Crippen molar-refractivity contribution >= 4 is 29.5 Å². The van der Waals surface area contributed by atoms with Crippen LogP contribution in [-0.2, 0) is 19.1 Å². The lowest BCUT2D eigenvalue weighted by atomic mass is 9.97. The second-order valence-electron chi connectivity index (χ2n) is 11.8. The summed E-state index contributed by atoms with van der Waals surface area (Å²) in [6, 6.07) is 18.8. The van der Waals surface area contributed by atoms with Crippen LogP contribution in [0.4, 0.5) is 15.3 Å². The van der Waals surface area contributed by atoms with Gasteiger partial charge in [-0.3, -0.25) is 9.78 Å². The molecule has 42 heavy (non-hydrogen) atoms. The Morgan fingerprint density at radius 3 is 2.00 bits per heavy atom. The van der Waals surface area contributed by atoms with Crippen LogP contribution in [0.5, 0.6) is 0 Å². The van der Waals surface area contributed by atoms with E-state index in [0.29, 0.717) is 28.9 Å². The number of amides is 3. The maximum Gasteiger partial charge on any atom is 0.420 e. The molecule has 1 unspecified atom stereocenters. The predicted octanol–water partition coefficient (Wildman–Crippen LogP) is 6.47. The molecule has 0 bridgehead atoms. The normalized spacial score (nSPS) is 15.6. The molecule has 1 aliphatic rings. The standard InChI is InChI=1S/C32H36N4O6/c1-31(2,3)40-29(38)36(30(39)41-32(4,5)6)27(21-11-8-7-9-12-21)22-14-16-24(17-15-22)34-28(37)26-19-25(35-42-26)23-13-10-18-33-20-23/h7-18,20,26-27H,19H2,1-6H3,(H,34,37)/t26-,27?/m0/s1. The summed E-state index contributed by atoms with van der Waals surface area (Å²) in [5.74, 6) is -0.353. The number of carbonyl (C=O) groups is 3. The minimum absolute atomic E-state index is 0.312. The smallest absolute Gasteiger partial charge is 0.420 e. The van der Waals surface area contributed by atoms with Crippen molar-refractivity contribution in [2.45, 2.75) is 71.3 Å². The average Bonchev–Trinajstić information content (AvgIpc) is 3.42. The third kappa shape index (κ3) is 7.93. The van der Waals surface area contributed by atoms with Crippen molar-refractivity contribution in [1.29, 1.82) is 0 Å². The molecule has 1 aromatic heterocycles. The van der Waals surface area contributed by atoms with E-state index in [9.17, 15) is 14.4 Å². The van der Waals surface area contributed by atoms with Crippen LogP contribution in [0.1, 0.15) is 70.7 Å². The first-order chi connectivity index (χ1) is 19.8. The summed E-state index contributed by atoms with van der Waals surface area (Å²) in [6.45, 7) is 10.4. The number of carbonyl (C=O) groups excluding carboxylic acids is 3. The van der Waals surface area contributed by atoms with Gasteiger partial charge < -0.3 is 19.6 Å². The van der Waals surface area contributed by atoms with E-state index in [1.807, 2.05) is 36.4 Å². The molecule has 2 heterocycles. The van der Waals surface area contributed by atoms with Crippen LogP contribution in [0.2, 0.25) is 0 Å². The molecule has 0 radical (unpaired) electrons. The van der Waals surface area contributed by atoms with Gasteiger partial charge in [-0.2, -0.15) is 0 Å². The first kappa shape index (κ1) is 30.2. The number of rotatable bonds is 6. The van der Waals surface area contributed by atoms with Gasteiger partial charge in [0, 0.05) is 30.1 Å². The molecule has 4 rings (SSSR count). The topological polar surface area (TPSA) is 119 Å². The summed E-state index contributed by atoms with van der Waals surface area (Å²) in [5, 5.41) is 6.90. The second kappa shape index (κ2) is 12.4. The maximum absolute atomic E-state index is 13.5. The highest BCUT2D eigenvalue weighted by Gasteiger charge is 2.38. The number of nitrogens with one attached hydrogen (secondary N) is 1. The largest absolute Gasteiger partial charge is 0.443 e. The zero-order chi connectivity index (χ0) is 30.5. The third-order valence-electron chi connectivity index (χ3n) is 6.00. The van der Waals surface area contributed by atoms with Gasteiger partial charge in [0.25, 0.3) is 5.91 Å². The van der Waals surface area contributed by atoms with E-state index in [1.165, 1.54) is 0 Å². The fourth-order valence-corrected chi connectivity index (χ4v) is 4.23. The molecular weight excluding hydrogens is 536 g/mol. The Morgan fingerprint density at radius 1 is 0.857 bits per heavy atom. The SMILES string of the molecule is CC(C)(C)OC(=O)N(C(=O)OC(C)(C)C)C(c1ccccc1)c1ccc(NC(=O)[C@@H]2CC(c3cccnc3)=NO2)cc1. The lowest BCUT2D eigenvalue weighted by Gasteiger charge is -2.34. The van der Waals surface area contributed by atoms with E-state index in [-0.39, 0.29) is 5.91 Å². The zero-order valence-corrected chi connectivity index (χ0v) is 24.7. The van der Waals surface area contributed by atoms with Crippen molar-refractivity contribution in [2.75, 3.05) is 5.32 Å². The summed E-state index contributed by atoms with van der Waals surface area (Å²) < 4.78 is 11.3. The summed E-state index contributed by atoms with van der Waals surface area (Å²) in [6.07, 6.45) is 1.17. The van der Waals surface area contributed by atoms with Gasteiger partial charge in [-0.15, -0.1) is 0 Å². The Morgan fingerprint density at radius 2 is 1.45 bits per heavy atom. The van der Waals surface area contributed by atoms with Gasteiger partial charge in [0.15, 0.2) is 0 Å². The quantitative estimate of drug-likeness (QED) is 0.359. The van der Waals surface area contributed by atoms with Crippen molar-refractivity contribution in [2.24, 2.45) is 5.16 Å². The fourth-order valence-electron chi connectivity index (χ4n) is 4.23. The number of pyridine rings is 1. The molecular formula is C32H36N4O6. The van der Waals surface area contributed by atoms with Crippen molar-refractivity contribution in [3.05, 3.63) is 95.8 Å². The van der Waals surface area contributed by atoms with Crippen LogP contribution in [-0.4, -0.2) is 51.0 Å². The van der Waals surface area contributed by atoms with Crippen LogP contribution < -0.4 is 5.32 Å². The lowest BCUT2D eigenvalue weighted by Crippen LogP contribution is -2.45. The Balaban J connectivity index is 1.58. The van der Waals surface area contributed by atoms with Crippen LogP contribution in [0, 0.1) is 0 Å². The Bertz CT molecular complexity index is 1400. The molecule has 0 fully saturated rings. The second-order valence-corrected chi connectivity index (χ2v) is 11.8. The number of ether oxygens (including phenoxy) is 2. The van der Waals surface area contributed by atoms with Crippen LogP contribution in [0.3, 0.4) is 0 Å². The number of benzene rings is 2. The van der Waals surface area contributed by atoms with E-state index >= 15 is 0 Å². The molecule has 3 aromatic rings. The van der Waals surface area contributed by atoms with Crippen LogP contribution in [0.15, 0.2) is 84.3 Å². The van der Waals surface area contributed by atoms with Gasteiger partial charge in [0.1, 0.15) is 11.2 Å². The van der Waals surface area contributed by atoms with Gasteiger partial charge >= 0.3 is 12.2 Å². The van der Waals surface area contributed by atoms with Gasteiger partial charge in [-0.1, -0.05) is 47.6 Å². The van der Waals surface area contributed by atoms with Gasteiger partial charge in [-0.05, 0) is 76.9 Å². The predicted molar refractivity (Wildman–Crippen MR) is 158 cm³/mol. The van der Waals surface area contributed by atoms with Gasteiger partial charge in [0.2, 0.25) is 6.10 Å². The Labute approximate surface area is 245 Å². The molecule has 2 aromatic carbocycles. The van der Waals surface area contributed by atoms with Crippen molar-refractivity contribution < 1.29 is 28.7 Å². The highest BCUT2D eigenvalue weighted by molar-refractivity contribution is 6.06. The highest BCUT2D eigenvalue weighted by atomic mass is 16.6. The number of aromatic nitrogens is 1. The molecule has 0 spiro atoms. The number of anilines is 1. The fraction of sp³-hybridized carbons (Fsp3) is 0.344. The molecule has 1 N–H and O–H groups in total. The minimum atomic E-state index is -0.866. The summed E-state index contributed by atoms with van der Waals surface area (Å²) in [7, 11) is 0. The highest BCUT2D eigenvalue weighted by Crippen LogP contribution is 2.33. The monoisotopic (exact) mass is 572 g/mol. The number of nitrogens with zero attached hydrogens (tertiary/aromatic N) is 3. The average molecular weight is 573 g/mol. The van der Waals surface area contributed by atoms with Crippen LogP contribution >= 0.6 is 0 Å². The number of imide groups is 1. The van der Waals surface area contributed by atoms with Crippen LogP contribution in [0.25, 0.3) is 0 Å². The lowest BCUT2D eigenvalue weighted by molar-refractivity contribution is -0.125. The summed E-state index contributed by atoms with van der Waals surface area (Å²) >= 11 is 0. The van der Waals surface area contributed by atoms with E-state index in [2.05, 4.69) is 15.5 Å². The zero-order valence-electron chi connectivity index (χ0n) is 24.7. The molecule has 0 saturated heterocycles. The molecule has 2 atom stereocenters. The Kier molecular flexibility index (Phi) is 8.94. The molecule has 0 aliphatic carbocycles. The van der Waals surface area contributed by atoms with Gasteiger partial charge in [0.05, 0.1) is 11.8 Å². The van der Waals surface area contributed by atoms with Crippen molar-refractivity contribution in [3.63, 3.8) is 0 Å². The summed E-state index contributed by atoms with van der Waals surface area (Å²) in [4.78, 5) is 50.3. The van der Waals surface area contributed by atoms with Gasteiger partial charge in [-0.25, -0.2) is 14.5 Å². The maximum atomic E-state index is 13.5. The van der Waals surface area contributed by atoms with Crippen molar-refractivity contribution in [1.82, 2.24) is 9.88 Å². The minimum Gasteiger partial charge on any atom is -0.443 e. The summed E-state index contributed by atoms with van der Waals surface area (Å²) in [5.41, 5.74) is 1.53. The van der Waals surface area contributed by atoms with Crippen molar-refractivity contribution in [3.8, 4) is 0 Å². The molecule has 1 aliphatic heterocycles.